The van der Waals surface area contributed by atoms with Crippen molar-refractivity contribution in [2.45, 2.75) is 0 Å². The van der Waals surface area contributed by atoms with Crippen LogP contribution in [-0.4, -0.2) is 0 Å². The quantitative estimate of drug-likeness (QED) is 0.106. The lowest BCUT2D eigenvalue weighted by molar-refractivity contribution is 0.460. The number of fused-ring (bicyclic) bond motifs is 2. The van der Waals surface area contributed by atoms with Gasteiger partial charge in [0.25, 0.3) is 0 Å². The molecule has 0 atom stereocenters. The molecule has 8 heteroatoms. The summed E-state index contributed by atoms with van der Waals surface area (Å²) in [6.45, 7) is 0. The van der Waals surface area contributed by atoms with Crippen LogP contribution in [0.25, 0.3) is 32.7 Å². The molecule has 0 radical (unpaired) electrons. The van der Waals surface area contributed by atoms with Gasteiger partial charge in [-0.15, -0.1) is 0 Å². The van der Waals surface area contributed by atoms with Crippen molar-refractivity contribution in [3.63, 3.8) is 0 Å². The van der Waals surface area contributed by atoms with Gasteiger partial charge in [-0.2, -0.15) is 0 Å². The summed E-state index contributed by atoms with van der Waals surface area (Å²) >= 11 is 0. The van der Waals surface area contributed by atoms with Crippen LogP contribution in [0.5, 0.6) is 23.0 Å². The zero-order valence-electron chi connectivity index (χ0n) is 25.0. The van der Waals surface area contributed by atoms with Crippen LogP contribution in [0.3, 0.4) is 0 Å². The number of benzene rings is 7. The Morgan fingerprint density at radius 3 is 1.39 bits per heavy atom. The van der Waals surface area contributed by atoms with Crippen molar-refractivity contribution in [2.75, 3.05) is 34.4 Å². The molecular weight excluding hydrogens is 572 g/mol. The van der Waals surface area contributed by atoms with Gasteiger partial charge in [-0.3, -0.25) is 0 Å². The Bertz CT molecular complexity index is 2140. The first-order valence-electron chi connectivity index (χ1n) is 14.6. The van der Waals surface area contributed by atoms with Crippen molar-refractivity contribution in [1.29, 1.82) is 0 Å². The Morgan fingerprint density at radius 1 is 0.348 bits per heavy atom. The van der Waals surface area contributed by atoms with Gasteiger partial charge in [0.15, 0.2) is 0 Å². The fourth-order valence-corrected chi connectivity index (χ4v) is 5.37. The predicted molar refractivity (Wildman–Crippen MR) is 193 cm³/mol. The van der Waals surface area contributed by atoms with E-state index in [0.717, 1.165) is 38.4 Å². The molecule has 7 aromatic carbocycles. The molecule has 0 spiro atoms. The molecule has 0 aliphatic carbocycles. The average molecular weight is 607 g/mol. The highest BCUT2D eigenvalue weighted by atomic mass is 16.5. The van der Waals surface area contributed by atoms with Crippen molar-refractivity contribution in [2.24, 2.45) is 0 Å². The average Bonchev–Trinajstić information content (AvgIpc) is 3.05. The van der Waals surface area contributed by atoms with Gasteiger partial charge in [0.2, 0.25) is 0 Å². The first-order valence-corrected chi connectivity index (χ1v) is 14.6. The van der Waals surface area contributed by atoms with Gasteiger partial charge < -0.3 is 43.9 Å². The number of ether oxygens (including phenoxy) is 2. The number of nitrogen functional groups attached to an aromatic ring is 6. The second-order valence-corrected chi connectivity index (χ2v) is 10.7. The third-order valence-corrected chi connectivity index (χ3v) is 7.56. The maximum absolute atomic E-state index is 6.37. The van der Waals surface area contributed by atoms with Crippen molar-refractivity contribution in [3.05, 3.63) is 133 Å². The Hall–Kier alpha value is -6.54. The normalized spacial score (nSPS) is 10.7. The van der Waals surface area contributed by atoms with E-state index in [1.165, 1.54) is 0 Å². The Kier molecular flexibility index (Phi) is 8.08. The maximum atomic E-state index is 6.37. The van der Waals surface area contributed by atoms with Gasteiger partial charge >= 0.3 is 0 Å². The smallest absolute Gasteiger partial charge is 0.131 e. The molecule has 12 N–H and O–H groups in total. The first-order chi connectivity index (χ1) is 22.3. The molecule has 0 heterocycles. The van der Waals surface area contributed by atoms with Crippen molar-refractivity contribution >= 4 is 55.7 Å². The molecule has 0 aliphatic heterocycles. The summed E-state index contributed by atoms with van der Waals surface area (Å²) in [5.41, 5.74) is 41.7. The van der Waals surface area contributed by atoms with Gasteiger partial charge in [0, 0.05) is 51.6 Å². The molecule has 0 aromatic heterocycles. The number of nitrogens with two attached hydrogens (primary N) is 6. The molecular formula is C38H34N6O2. The van der Waals surface area contributed by atoms with Crippen molar-refractivity contribution in [1.82, 2.24) is 0 Å². The summed E-state index contributed by atoms with van der Waals surface area (Å²) in [5, 5.41) is 3.92. The van der Waals surface area contributed by atoms with E-state index in [-0.39, 0.29) is 0 Å². The van der Waals surface area contributed by atoms with E-state index in [1.807, 2.05) is 121 Å². The molecule has 0 unspecified atom stereocenters. The second-order valence-electron chi connectivity index (χ2n) is 10.7. The van der Waals surface area contributed by atoms with E-state index in [1.54, 1.807) is 12.1 Å². The Balaban J connectivity index is 0.000000162. The van der Waals surface area contributed by atoms with Crippen LogP contribution in [0.15, 0.2) is 133 Å². The van der Waals surface area contributed by atoms with Gasteiger partial charge in [0.05, 0.1) is 17.1 Å². The largest absolute Gasteiger partial charge is 0.457 e. The van der Waals surface area contributed by atoms with E-state index in [0.29, 0.717) is 51.4 Å². The molecule has 7 rings (SSSR count). The summed E-state index contributed by atoms with van der Waals surface area (Å²) in [6.07, 6.45) is 0. The third kappa shape index (κ3) is 6.09. The van der Waals surface area contributed by atoms with Crippen molar-refractivity contribution in [3.8, 4) is 34.1 Å². The molecule has 228 valence electrons. The van der Waals surface area contributed by atoms with Crippen LogP contribution in [-0.2, 0) is 0 Å². The van der Waals surface area contributed by atoms with Gasteiger partial charge in [-0.25, -0.2) is 0 Å². The molecule has 0 fully saturated rings. The minimum Gasteiger partial charge on any atom is -0.457 e. The number of rotatable bonds is 5. The van der Waals surface area contributed by atoms with Crippen LogP contribution in [0.1, 0.15) is 0 Å². The molecule has 7 aromatic rings. The highest BCUT2D eigenvalue weighted by molar-refractivity contribution is 6.17. The van der Waals surface area contributed by atoms with Gasteiger partial charge in [0.1, 0.15) is 23.0 Å². The predicted octanol–water partition coefficient (Wildman–Crippen LogP) is 8.42. The molecule has 0 amide bonds. The lowest BCUT2D eigenvalue weighted by atomic mass is 9.90. The SMILES string of the molecule is Nc1c(N)c(-c2ccc(N)c3ccccc23)c2ccccc2c1N.Nc1cccc(Oc2cccc(Oc3cccc(N)c3)c2)c1. The Labute approximate surface area is 266 Å². The summed E-state index contributed by atoms with van der Waals surface area (Å²) in [5.74, 6) is 2.71. The summed E-state index contributed by atoms with van der Waals surface area (Å²) in [4.78, 5) is 0. The van der Waals surface area contributed by atoms with E-state index in [9.17, 15) is 0 Å². The monoisotopic (exact) mass is 606 g/mol. The number of anilines is 6. The highest BCUT2D eigenvalue weighted by Gasteiger charge is 2.17. The number of hydrogen-bond donors (Lipinski definition) is 6. The minimum atomic E-state index is 0.421. The van der Waals surface area contributed by atoms with Crippen LogP contribution < -0.4 is 43.9 Å². The summed E-state index contributed by atoms with van der Waals surface area (Å²) in [7, 11) is 0. The molecule has 0 aliphatic rings. The molecule has 0 bridgehead atoms. The topological polar surface area (TPSA) is 175 Å². The lowest BCUT2D eigenvalue weighted by Gasteiger charge is -2.18. The van der Waals surface area contributed by atoms with E-state index >= 15 is 0 Å². The van der Waals surface area contributed by atoms with Gasteiger partial charge in [-0.05, 0) is 58.8 Å². The molecule has 8 nitrogen and oxygen atoms in total. The fraction of sp³-hybridized carbons (Fsp3) is 0. The van der Waals surface area contributed by atoms with Gasteiger partial charge in [-0.1, -0.05) is 72.8 Å². The Morgan fingerprint density at radius 2 is 0.826 bits per heavy atom. The fourth-order valence-electron chi connectivity index (χ4n) is 5.37. The zero-order valence-corrected chi connectivity index (χ0v) is 25.0. The van der Waals surface area contributed by atoms with E-state index in [4.69, 9.17) is 43.9 Å². The standard InChI is InChI=1S/C20H18N4.C18H16N2O2/c21-16-10-9-14(11-5-1-2-6-12(11)16)17-13-7-3-4-8-15(13)18(22)20(24)19(17)23;19-13-4-1-6-15(10-13)21-17-8-3-9-18(12-17)22-16-7-2-5-14(20)11-16/h1-10H,21-24H2;1-12H,19-20H2. The first kappa shape index (κ1) is 29.5. The second kappa shape index (κ2) is 12.6. The summed E-state index contributed by atoms with van der Waals surface area (Å²) in [6, 6.07) is 41.7. The number of hydrogen-bond acceptors (Lipinski definition) is 8. The molecule has 0 saturated carbocycles. The van der Waals surface area contributed by atoms with Crippen LogP contribution in [0.4, 0.5) is 34.1 Å². The summed E-state index contributed by atoms with van der Waals surface area (Å²) < 4.78 is 11.6. The van der Waals surface area contributed by atoms with E-state index < -0.39 is 0 Å². The van der Waals surface area contributed by atoms with Crippen LogP contribution in [0.2, 0.25) is 0 Å². The van der Waals surface area contributed by atoms with Crippen LogP contribution in [0, 0.1) is 0 Å². The third-order valence-electron chi connectivity index (χ3n) is 7.56. The minimum absolute atomic E-state index is 0.421. The van der Waals surface area contributed by atoms with Crippen LogP contribution >= 0.6 is 0 Å². The zero-order chi connectivity index (χ0) is 32.2. The molecule has 0 saturated heterocycles. The molecule has 46 heavy (non-hydrogen) atoms. The maximum Gasteiger partial charge on any atom is 0.131 e. The van der Waals surface area contributed by atoms with E-state index in [2.05, 4.69) is 0 Å². The lowest BCUT2D eigenvalue weighted by Crippen LogP contribution is -2.04. The van der Waals surface area contributed by atoms with Crippen molar-refractivity contribution < 1.29 is 9.47 Å². The highest BCUT2D eigenvalue weighted by Crippen LogP contribution is 2.45.